The summed E-state index contributed by atoms with van der Waals surface area (Å²) in [7, 11) is 0. The topological polar surface area (TPSA) is 12.0 Å². The van der Waals surface area contributed by atoms with Crippen LogP contribution in [0.25, 0.3) is 0 Å². The highest BCUT2D eigenvalue weighted by atomic mass is 32.2. The molecule has 1 unspecified atom stereocenters. The van der Waals surface area contributed by atoms with E-state index >= 15 is 0 Å². The maximum atomic E-state index is 3.65. The largest absolute Gasteiger partial charge is 0.309 e. The van der Waals surface area contributed by atoms with Gasteiger partial charge in [0, 0.05) is 21.5 Å². The van der Waals surface area contributed by atoms with Crippen LogP contribution in [-0.4, -0.2) is 12.3 Å². The molecule has 1 aliphatic rings. The van der Waals surface area contributed by atoms with Crippen LogP contribution in [0.4, 0.5) is 0 Å². The Balaban J connectivity index is 1.80. The number of hydrogen-bond acceptors (Lipinski definition) is 4. The van der Waals surface area contributed by atoms with Crippen molar-refractivity contribution in [2.45, 2.75) is 31.6 Å². The molecule has 1 aliphatic heterocycles. The van der Waals surface area contributed by atoms with Crippen LogP contribution in [0.15, 0.2) is 22.9 Å². The minimum Gasteiger partial charge on any atom is -0.309 e. The van der Waals surface area contributed by atoms with E-state index in [2.05, 4.69) is 46.9 Å². The highest BCUT2D eigenvalue weighted by molar-refractivity contribution is 7.98. The Bertz CT molecular complexity index is 492. The lowest BCUT2D eigenvalue weighted by molar-refractivity contribution is 0.558. The fraction of sp³-hybridized carbons (Fsp3) is 0.467. The number of thiophene rings is 2. The van der Waals surface area contributed by atoms with Gasteiger partial charge in [-0.3, -0.25) is 0 Å². The molecule has 1 atom stereocenters. The minimum absolute atomic E-state index is 0.486. The van der Waals surface area contributed by atoms with Crippen molar-refractivity contribution in [3.63, 3.8) is 0 Å². The van der Waals surface area contributed by atoms with E-state index in [1.54, 1.807) is 21.8 Å². The highest BCUT2D eigenvalue weighted by Gasteiger charge is 2.19. The third kappa shape index (κ3) is 3.24. The molecule has 0 saturated heterocycles. The molecule has 2 aromatic heterocycles. The van der Waals surface area contributed by atoms with E-state index in [0.717, 1.165) is 13.0 Å². The summed E-state index contributed by atoms with van der Waals surface area (Å²) in [6.07, 6.45) is 2.38. The Morgan fingerprint density at radius 2 is 2.37 bits per heavy atom. The van der Waals surface area contributed by atoms with Gasteiger partial charge in [-0.15, -0.1) is 11.3 Å². The van der Waals surface area contributed by atoms with Gasteiger partial charge in [-0.25, -0.2) is 0 Å². The van der Waals surface area contributed by atoms with Crippen molar-refractivity contribution in [1.82, 2.24) is 5.32 Å². The fourth-order valence-corrected chi connectivity index (χ4v) is 5.64. The number of rotatable bonds is 5. The first kappa shape index (κ1) is 13.7. The summed E-state index contributed by atoms with van der Waals surface area (Å²) < 4.78 is 0. The zero-order valence-corrected chi connectivity index (χ0v) is 13.6. The van der Waals surface area contributed by atoms with Crippen LogP contribution in [-0.2, 0) is 18.6 Å². The number of nitrogens with one attached hydrogen (secondary N) is 1. The summed E-state index contributed by atoms with van der Waals surface area (Å²) in [6, 6.07) is 5.18. The Labute approximate surface area is 127 Å². The van der Waals surface area contributed by atoms with Crippen molar-refractivity contribution in [2.75, 3.05) is 12.3 Å². The van der Waals surface area contributed by atoms with Crippen molar-refractivity contribution >= 4 is 34.4 Å². The van der Waals surface area contributed by atoms with Crippen LogP contribution < -0.4 is 5.32 Å². The van der Waals surface area contributed by atoms with Crippen molar-refractivity contribution in [2.24, 2.45) is 0 Å². The molecule has 102 valence electrons. The highest BCUT2D eigenvalue weighted by Crippen LogP contribution is 2.35. The first-order valence-corrected chi connectivity index (χ1v) is 9.72. The first-order chi connectivity index (χ1) is 9.36. The molecule has 2 aromatic rings. The molecule has 1 N–H and O–H groups in total. The lowest BCUT2D eigenvalue weighted by Crippen LogP contribution is -2.21. The van der Waals surface area contributed by atoms with Gasteiger partial charge in [0.1, 0.15) is 0 Å². The summed E-state index contributed by atoms with van der Waals surface area (Å²) in [4.78, 5) is 3.16. The second-order valence-corrected chi connectivity index (χ2v) is 7.90. The van der Waals surface area contributed by atoms with Crippen LogP contribution in [0, 0.1) is 0 Å². The normalized spacial score (nSPS) is 16.3. The number of fused-ring (bicyclic) bond motifs is 1. The van der Waals surface area contributed by atoms with E-state index < -0.39 is 0 Å². The third-order valence-electron chi connectivity index (χ3n) is 3.46. The average Bonchev–Trinajstić information content (AvgIpc) is 3.06. The number of likely N-dealkylation sites (N-methyl/N-ethyl adjacent to an activating group) is 1. The molecule has 0 amide bonds. The summed E-state index contributed by atoms with van der Waals surface area (Å²) >= 11 is 5.90. The van der Waals surface area contributed by atoms with E-state index in [-0.39, 0.29) is 0 Å². The molecular formula is C15H19NS3. The lowest BCUT2D eigenvalue weighted by atomic mass is 10.1. The predicted molar refractivity (Wildman–Crippen MR) is 88.6 cm³/mol. The van der Waals surface area contributed by atoms with Gasteiger partial charge in [-0.2, -0.15) is 23.1 Å². The SMILES string of the molecule is CCNC(Cc1ccsc1)c1cc2c(s1)CCSC2. The van der Waals surface area contributed by atoms with Crippen LogP contribution in [0.5, 0.6) is 0 Å². The van der Waals surface area contributed by atoms with Gasteiger partial charge >= 0.3 is 0 Å². The van der Waals surface area contributed by atoms with Crippen LogP contribution >= 0.6 is 34.4 Å². The van der Waals surface area contributed by atoms with Crippen LogP contribution in [0.3, 0.4) is 0 Å². The van der Waals surface area contributed by atoms with E-state index in [9.17, 15) is 0 Å². The predicted octanol–water partition coefficient (Wildman–Crippen LogP) is 4.49. The van der Waals surface area contributed by atoms with Gasteiger partial charge in [0.25, 0.3) is 0 Å². The van der Waals surface area contributed by atoms with Crippen molar-refractivity contribution in [3.05, 3.63) is 43.8 Å². The molecule has 1 nitrogen and oxygen atoms in total. The van der Waals surface area contributed by atoms with E-state index in [1.165, 1.54) is 28.4 Å². The van der Waals surface area contributed by atoms with Gasteiger partial charge < -0.3 is 5.32 Å². The molecule has 3 heterocycles. The quantitative estimate of drug-likeness (QED) is 0.873. The van der Waals surface area contributed by atoms with Gasteiger partial charge in [0.15, 0.2) is 0 Å². The Hall–Kier alpha value is -0.290. The number of hydrogen-bond donors (Lipinski definition) is 1. The summed E-state index contributed by atoms with van der Waals surface area (Å²) in [5, 5.41) is 8.10. The lowest BCUT2D eigenvalue weighted by Gasteiger charge is -2.15. The summed E-state index contributed by atoms with van der Waals surface area (Å²) in [5.74, 6) is 2.51. The zero-order chi connectivity index (χ0) is 13.1. The van der Waals surface area contributed by atoms with Crippen molar-refractivity contribution in [3.8, 4) is 0 Å². The second-order valence-electron chi connectivity index (χ2n) is 4.85. The average molecular weight is 310 g/mol. The summed E-state index contributed by atoms with van der Waals surface area (Å²) in [6.45, 7) is 3.23. The first-order valence-electron chi connectivity index (χ1n) is 6.80. The Morgan fingerprint density at radius 3 is 3.11 bits per heavy atom. The molecule has 0 bridgehead atoms. The molecule has 19 heavy (non-hydrogen) atoms. The van der Waals surface area contributed by atoms with E-state index in [0.29, 0.717) is 6.04 Å². The van der Waals surface area contributed by atoms with Gasteiger partial charge in [0.2, 0.25) is 0 Å². The second kappa shape index (κ2) is 6.44. The molecule has 0 saturated carbocycles. The standard InChI is InChI=1S/C15H19NS3/c1-2-16-13(7-11-3-5-17-9-11)15-8-12-10-18-6-4-14(12)19-15/h3,5,8-9,13,16H,2,4,6-7,10H2,1H3. The number of thioether (sulfide) groups is 1. The fourth-order valence-electron chi connectivity index (χ4n) is 2.51. The molecule has 0 radical (unpaired) electrons. The Kier molecular flexibility index (Phi) is 4.64. The van der Waals surface area contributed by atoms with Crippen LogP contribution in [0.1, 0.15) is 33.8 Å². The molecule has 0 aromatic carbocycles. The maximum Gasteiger partial charge on any atom is 0.0456 e. The minimum atomic E-state index is 0.486. The molecule has 3 rings (SSSR count). The maximum absolute atomic E-state index is 3.65. The monoisotopic (exact) mass is 309 g/mol. The van der Waals surface area contributed by atoms with Crippen molar-refractivity contribution in [1.29, 1.82) is 0 Å². The van der Waals surface area contributed by atoms with Crippen molar-refractivity contribution < 1.29 is 0 Å². The van der Waals surface area contributed by atoms with E-state index in [4.69, 9.17) is 0 Å². The molecule has 0 aliphatic carbocycles. The smallest absolute Gasteiger partial charge is 0.0456 e. The molecule has 0 fully saturated rings. The van der Waals surface area contributed by atoms with Gasteiger partial charge in [-0.05, 0) is 59.2 Å². The zero-order valence-electron chi connectivity index (χ0n) is 11.1. The molecule has 4 heteroatoms. The van der Waals surface area contributed by atoms with E-state index in [1.807, 2.05) is 11.3 Å². The number of aryl methyl sites for hydroxylation is 1. The summed E-state index contributed by atoms with van der Waals surface area (Å²) in [5.41, 5.74) is 3.04. The van der Waals surface area contributed by atoms with Crippen LogP contribution in [0.2, 0.25) is 0 Å². The van der Waals surface area contributed by atoms with Gasteiger partial charge in [0.05, 0.1) is 0 Å². The third-order valence-corrected chi connectivity index (χ3v) is 6.55. The Morgan fingerprint density at radius 1 is 1.42 bits per heavy atom. The molecular weight excluding hydrogens is 290 g/mol. The molecule has 0 spiro atoms. The van der Waals surface area contributed by atoms with Gasteiger partial charge in [-0.1, -0.05) is 6.92 Å².